The van der Waals surface area contributed by atoms with Gasteiger partial charge in [-0.3, -0.25) is 0 Å². The highest BCUT2D eigenvalue weighted by molar-refractivity contribution is 9.10. The average molecular weight is 348 g/mol. The monoisotopic (exact) mass is 347 g/mol. The molecule has 1 heterocycles. The first kappa shape index (κ1) is 16.0. The number of nitrogens with zero attached hydrogens (tertiary/aromatic N) is 2. The lowest BCUT2D eigenvalue weighted by Crippen LogP contribution is -2.25. The quantitative estimate of drug-likeness (QED) is 0.864. The van der Waals surface area contributed by atoms with Crippen LogP contribution in [0.25, 0.3) is 0 Å². The first-order chi connectivity index (χ1) is 10.1. The normalized spacial score (nSPS) is 12.2. The van der Waals surface area contributed by atoms with Crippen molar-refractivity contribution in [2.75, 3.05) is 11.9 Å². The number of halogens is 1. The van der Waals surface area contributed by atoms with Crippen LogP contribution < -0.4 is 10.6 Å². The summed E-state index contributed by atoms with van der Waals surface area (Å²) >= 11 is 3.60. The topological polar surface area (TPSA) is 42.1 Å². The summed E-state index contributed by atoms with van der Waals surface area (Å²) in [4.78, 5) is 6.73. The molecular weight excluding hydrogens is 326 g/mol. The summed E-state index contributed by atoms with van der Waals surface area (Å²) in [6.07, 6.45) is 3.68. The van der Waals surface area contributed by atoms with Gasteiger partial charge < -0.3 is 10.6 Å². The number of anilines is 1. The Morgan fingerprint density at radius 3 is 2.62 bits per heavy atom. The van der Waals surface area contributed by atoms with E-state index in [2.05, 4.69) is 64.1 Å². The smallest absolute Gasteiger partial charge is 0.131 e. The molecule has 0 aliphatic heterocycles. The van der Waals surface area contributed by atoms with Crippen molar-refractivity contribution in [3.63, 3.8) is 0 Å². The number of hydrogen-bond donors (Lipinski definition) is 1. The summed E-state index contributed by atoms with van der Waals surface area (Å²) < 4.78 is 1.12. The van der Waals surface area contributed by atoms with E-state index in [-0.39, 0.29) is 6.04 Å². The number of rotatable bonds is 6. The first-order valence-corrected chi connectivity index (χ1v) is 8.05. The molecule has 2 aromatic rings. The van der Waals surface area contributed by atoms with E-state index in [9.17, 15) is 0 Å². The van der Waals surface area contributed by atoms with Crippen LogP contribution in [0.5, 0.6) is 0 Å². The Balaban J connectivity index is 2.19. The van der Waals surface area contributed by atoms with Crippen molar-refractivity contribution in [2.45, 2.75) is 32.4 Å². The van der Waals surface area contributed by atoms with Crippen LogP contribution in [0, 0.1) is 0 Å². The molecule has 0 saturated carbocycles. The number of pyridine rings is 1. The van der Waals surface area contributed by atoms with Crippen molar-refractivity contribution in [1.29, 1.82) is 0 Å². The average Bonchev–Trinajstić information content (AvgIpc) is 2.50. The predicted octanol–water partition coefficient (Wildman–Crippen LogP) is 3.76. The summed E-state index contributed by atoms with van der Waals surface area (Å²) in [5, 5.41) is 0. The summed E-state index contributed by atoms with van der Waals surface area (Å²) in [6.45, 7) is 2.93. The standard InChI is InChI=1S/C17H22BrN3/c1-3-15(19)11-13-8-6-10-20-17(13)21(2)12-14-7-4-5-9-16(14)18/h4-10,15H,3,11-12,19H2,1-2H3. The van der Waals surface area contributed by atoms with Gasteiger partial charge >= 0.3 is 0 Å². The lowest BCUT2D eigenvalue weighted by atomic mass is 10.0. The zero-order valence-electron chi connectivity index (χ0n) is 12.6. The first-order valence-electron chi connectivity index (χ1n) is 7.25. The molecule has 2 rings (SSSR count). The molecule has 0 saturated heterocycles. The Kier molecular flexibility index (Phi) is 5.76. The fourth-order valence-corrected chi connectivity index (χ4v) is 2.73. The van der Waals surface area contributed by atoms with Crippen LogP contribution in [0.15, 0.2) is 47.1 Å². The van der Waals surface area contributed by atoms with Gasteiger partial charge in [0.1, 0.15) is 5.82 Å². The molecule has 0 aliphatic rings. The molecule has 0 amide bonds. The maximum Gasteiger partial charge on any atom is 0.131 e. The van der Waals surface area contributed by atoms with Crippen molar-refractivity contribution in [1.82, 2.24) is 4.98 Å². The van der Waals surface area contributed by atoms with Crippen LogP contribution in [-0.2, 0) is 13.0 Å². The molecule has 3 nitrogen and oxygen atoms in total. The molecule has 0 fully saturated rings. The molecule has 2 N–H and O–H groups in total. The number of nitrogens with two attached hydrogens (primary N) is 1. The van der Waals surface area contributed by atoms with E-state index in [0.717, 1.165) is 29.7 Å². The van der Waals surface area contributed by atoms with Crippen LogP contribution in [0.3, 0.4) is 0 Å². The third kappa shape index (κ3) is 4.29. The number of hydrogen-bond acceptors (Lipinski definition) is 3. The van der Waals surface area contributed by atoms with Gasteiger partial charge in [0.2, 0.25) is 0 Å². The minimum Gasteiger partial charge on any atom is -0.355 e. The fourth-order valence-electron chi connectivity index (χ4n) is 2.32. The van der Waals surface area contributed by atoms with Gasteiger partial charge in [0, 0.05) is 30.3 Å². The Morgan fingerprint density at radius 2 is 1.90 bits per heavy atom. The minimum atomic E-state index is 0.185. The molecule has 0 spiro atoms. The molecule has 1 atom stereocenters. The van der Waals surface area contributed by atoms with Gasteiger partial charge in [0.05, 0.1) is 0 Å². The third-order valence-corrected chi connectivity index (χ3v) is 4.37. The number of benzene rings is 1. The highest BCUT2D eigenvalue weighted by Crippen LogP contribution is 2.23. The van der Waals surface area contributed by atoms with Crippen molar-refractivity contribution >= 4 is 21.7 Å². The van der Waals surface area contributed by atoms with E-state index in [1.807, 2.05) is 18.3 Å². The van der Waals surface area contributed by atoms with Crippen molar-refractivity contribution in [2.24, 2.45) is 5.73 Å². The van der Waals surface area contributed by atoms with E-state index >= 15 is 0 Å². The van der Waals surface area contributed by atoms with Gasteiger partial charge in [-0.1, -0.05) is 47.1 Å². The highest BCUT2D eigenvalue weighted by atomic mass is 79.9. The zero-order valence-corrected chi connectivity index (χ0v) is 14.2. The van der Waals surface area contributed by atoms with Crippen LogP contribution in [0.4, 0.5) is 5.82 Å². The van der Waals surface area contributed by atoms with Crippen LogP contribution >= 0.6 is 15.9 Å². The van der Waals surface area contributed by atoms with Gasteiger partial charge in [-0.05, 0) is 36.1 Å². The second-order valence-corrected chi connectivity index (χ2v) is 6.16. The molecule has 1 aromatic carbocycles. The predicted molar refractivity (Wildman–Crippen MR) is 92.5 cm³/mol. The second kappa shape index (κ2) is 7.57. The second-order valence-electron chi connectivity index (χ2n) is 5.31. The van der Waals surface area contributed by atoms with E-state index < -0.39 is 0 Å². The molecule has 1 unspecified atom stereocenters. The van der Waals surface area contributed by atoms with Crippen molar-refractivity contribution < 1.29 is 0 Å². The third-order valence-electron chi connectivity index (χ3n) is 3.60. The molecule has 112 valence electrons. The summed E-state index contributed by atoms with van der Waals surface area (Å²) in [5.74, 6) is 1.01. The lowest BCUT2D eigenvalue weighted by Gasteiger charge is -2.22. The van der Waals surface area contributed by atoms with Crippen molar-refractivity contribution in [3.05, 3.63) is 58.2 Å². The van der Waals surface area contributed by atoms with E-state index in [1.165, 1.54) is 11.1 Å². The van der Waals surface area contributed by atoms with Gasteiger partial charge in [-0.25, -0.2) is 4.98 Å². The van der Waals surface area contributed by atoms with E-state index in [4.69, 9.17) is 5.73 Å². The largest absolute Gasteiger partial charge is 0.355 e. The van der Waals surface area contributed by atoms with Crippen LogP contribution in [0.1, 0.15) is 24.5 Å². The lowest BCUT2D eigenvalue weighted by molar-refractivity contribution is 0.643. The molecule has 0 radical (unpaired) electrons. The SMILES string of the molecule is CCC(N)Cc1cccnc1N(C)Cc1ccccc1Br. The van der Waals surface area contributed by atoms with Crippen molar-refractivity contribution in [3.8, 4) is 0 Å². The molecule has 1 aromatic heterocycles. The Labute approximate surface area is 135 Å². The highest BCUT2D eigenvalue weighted by Gasteiger charge is 2.12. The molecule has 0 bridgehead atoms. The van der Waals surface area contributed by atoms with Crippen LogP contribution in [0.2, 0.25) is 0 Å². The minimum absolute atomic E-state index is 0.185. The van der Waals surface area contributed by atoms with Gasteiger partial charge in [0.15, 0.2) is 0 Å². The Bertz CT molecular complexity index is 586. The van der Waals surface area contributed by atoms with Gasteiger partial charge in [-0.15, -0.1) is 0 Å². The van der Waals surface area contributed by atoms with Gasteiger partial charge in [-0.2, -0.15) is 0 Å². The zero-order chi connectivity index (χ0) is 15.2. The summed E-state index contributed by atoms with van der Waals surface area (Å²) in [6, 6.07) is 12.6. The Morgan fingerprint density at radius 1 is 1.19 bits per heavy atom. The molecule has 21 heavy (non-hydrogen) atoms. The molecule has 4 heteroatoms. The molecular formula is C17H22BrN3. The number of aromatic nitrogens is 1. The van der Waals surface area contributed by atoms with Crippen LogP contribution in [-0.4, -0.2) is 18.1 Å². The molecule has 0 aliphatic carbocycles. The maximum atomic E-state index is 6.10. The van der Waals surface area contributed by atoms with E-state index in [1.54, 1.807) is 0 Å². The summed E-state index contributed by atoms with van der Waals surface area (Å²) in [5.41, 5.74) is 8.55. The summed E-state index contributed by atoms with van der Waals surface area (Å²) in [7, 11) is 2.07. The Hall–Kier alpha value is -1.39. The van der Waals surface area contributed by atoms with Gasteiger partial charge in [0.25, 0.3) is 0 Å². The maximum absolute atomic E-state index is 6.10. The van der Waals surface area contributed by atoms with E-state index in [0.29, 0.717) is 0 Å². The fraction of sp³-hybridized carbons (Fsp3) is 0.353.